The SMILES string of the molecule is CC1CC(C(F)(F)F)CN(C)C1. The van der Waals surface area contributed by atoms with E-state index in [1.165, 1.54) is 0 Å². The zero-order valence-corrected chi connectivity index (χ0v) is 7.36. The summed E-state index contributed by atoms with van der Waals surface area (Å²) in [6.45, 7) is 2.81. The summed E-state index contributed by atoms with van der Waals surface area (Å²) in [5.74, 6) is -0.957. The zero-order chi connectivity index (χ0) is 9.35. The van der Waals surface area contributed by atoms with Gasteiger partial charge in [-0.05, 0) is 19.4 Å². The van der Waals surface area contributed by atoms with Crippen LogP contribution < -0.4 is 0 Å². The van der Waals surface area contributed by atoms with Crippen LogP contribution in [0.2, 0.25) is 0 Å². The van der Waals surface area contributed by atoms with E-state index in [2.05, 4.69) is 0 Å². The lowest BCUT2D eigenvalue weighted by atomic mass is 9.90. The number of halogens is 3. The summed E-state index contributed by atoms with van der Waals surface area (Å²) in [6, 6.07) is 0. The van der Waals surface area contributed by atoms with Gasteiger partial charge in [0, 0.05) is 13.1 Å². The molecule has 1 aliphatic rings. The van der Waals surface area contributed by atoms with Crippen molar-refractivity contribution in [3.63, 3.8) is 0 Å². The van der Waals surface area contributed by atoms with Crippen LogP contribution in [0.1, 0.15) is 13.3 Å². The second-order valence-electron chi connectivity index (χ2n) is 3.80. The molecule has 0 aliphatic carbocycles. The molecule has 12 heavy (non-hydrogen) atoms. The molecule has 0 bridgehead atoms. The Labute approximate surface area is 70.5 Å². The quantitative estimate of drug-likeness (QED) is 0.553. The fourth-order valence-corrected chi connectivity index (χ4v) is 1.85. The van der Waals surface area contributed by atoms with Gasteiger partial charge in [-0.25, -0.2) is 0 Å². The minimum absolute atomic E-state index is 0.161. The number of hydrogen-bond donors (Lipinski definition) is 0. The molecule has 1 nitrogen and oxygen atoms in total. The molecule has 2 atom stereocenters. The molecule has 0 aromatic carbocycles. The molecule has 72 valence electrons. The largest absolute Gasteiger partial charge is 0.393 e. The minimum atomic E-state index is -4.01. The normalized spacial score (nSPS) is 33.8. The molecule has 0 aromatic rings. The molecule has 0 aromatic heterocycles. The Morgan fingerprint density at radius 3 is 2.25 bits per heavy atom. The van der Waals surface area contributed by atoms with Gasteiger partial charge in [0.15, 0.2) is 0 Å². The zero-order valence-electron chi connectivity index (χ0n) is 7.36. The fourth-order valence-electron chi connectivity index (χ4n) is 1.85. The Morgan fingerprint density at radius 2 is 1.83 bits per heavy atom. The molecule has 1 saturated heterocycles. The molecule has 0 radical (unpaired) electrons. The van der Waals surface area contributed by atoms with Crippen LogP contribution in [0.15, 0.2) is 0 Å². The first-order chi connectivity index (χ1) is 5.39. The number of nitrogens with zero attached hydrogens (tertiary/aromatic N) is 1. The van der Waals surface area contributed by atoms with Gasteiger partial charge in [0.25, 0.3) is 0 Å². The average Bonchev–Trinajstić information content (AvgIpc) is 1.82. The molecule has 0 N–H and O–H groups in total. The van der Waals surface area contributed by atoms with Gasteiger partial charge in [0.05, 0.1) is 5.92 Å². The van der Waals surface area contributed by atoms with Gasteiger partial charge >= 0.3 is 6.18 Å². The summed E-state index contributed by atoms with van der Waals surface area (Å²) in [5, 5.41) is 0. The lowest BCUT2D eigenvalue weighted by Crippen LogP contribution is -2.42. The molecule has 0 saturated carbocycles. The van der Waals surface area contributed by atoms with Crippen molar-refractivity contribution >= 4 is 0 Å². The highest BCUT2D eigenvalue weighted by atomic mass is 19.4. The summed E-state index contributed by atoms with van der Waals surface area (Å²) < 4.78 is 36.8. The second kappa shape index (κ2) is 3.24. The van der Waals surface area contributed by atoms with E-state index in [1.807, 2.05) is 6.92 Å². The third-order valence-electron chi connectivity index (χ3n) is 2.31. The maximum absolute atomic E-state index is 12.3. The van der Waals surface area contributed by atoms with Gasteiger partial charge in [0.2, 0.25) is 0 Å². The van der Waals surface area contributed by atoms with E-state index < -0.39 is 12.1 Å². The van der Waals surface area contributed by atoms with Crippen LogP contribution in [0.3, 0.4) is 0 Å². The number of rotatable bonds is 0. The summed E-state index contributed by atoms with van der Waals surface area (Å²) in [4.78, 5) is 1.76. The van der Waals surface area contributed by atoms with E-state index in [0.29, 0.717) is 0 Å². The predicted molar refractivity (Wildman–Crippen MR) is 40.8 cm³/mol. The first-order valence-corrected chi connectivity index (χ1v) is 4.15. The molecule has 0 amide bonds. The van der Waals surface area contributed by atoms with Crippen molar-refractivity contribution in [2.75, 3.05) is 20.1 Å². The van der Waals surface area contributed by atoms with Crippen molar-refractivity contribution in [1.82, 2.24) is 4.90 Å². The summed E-state index contributed by atoms with van der Waals surface area (Å²) in [7, 11) is 1.74. The maximum atomic E-state index is 12.3. The number of alkyl halides is 3. The Morgan fingerprint density at radius 1 is 1.25 bits per heavy atom. The van der Waals surface area contributed by atoms with Gasteiger partial charge in [-0.3, -0.25) is 0 Å². The standard InChI is InChI=1S/C8H14F3N/c1-6-3-7(8(9,10)11)5-12(2)4-6/h6-7H,3-5H2,1-2H3. The lowest BCUT2D eigenvalue weighted by Gasteiger charge is -2.34. The molecule has 2 unspecified atom stereocenters. The van der Waals surface area contributed by atoms with E-state index in [-0.39, 0.29) is 18.9 Å². The van der Waals surface area contributed by atoms with E-state index >= 15 is 0 Å². The number of hydrogen-bond acceptors (Lipinski definition) is 1. The summed E-state index contributed by atoms with van der Waals surface area (Å²) in [6.07, 6.45) is -3.73. The van der Waals surface area contributed by atoms with Crippen LogP contribution in [0, 0.1) is 11.8 Å². The first-order valence-electron chi connectivity index (χ1n) is 4.15. The van der Waals surface area contributed by atoms with E-state index in [9.17, 15) is 13.2 Å². The maximum Gasteiger partial charge on any atom is 0.393 e. The molecule has 4 heteroatoms. The molecule has 1 fully saturated rings. The van der Waals surface area contributed by atoms with Crippen LogP contribution in [0.5, 0.6) is 0 Å². The lowest BCUT2D eigenvalue weighted by molar-refractivity contribution is -0.189. The van der Waals surface area contributed by atoms with Gasteiger partial charge in [-0.2, -0.15) is 13.2 Å². The Kier molecular flexibility index (Phi) is 2.66. The third-order valence-corrected chi connectivity index (χ3v) is 2.31. The van der Waals surface area contributed by atoms with Gasteiger partial charge < -0.3 is 4.90 Å². The third kappa shape index (κ3) is 2.37. The van der Waals surface area contributed by atoms with Crippen molar-refractivity contribution in [3.8, 4) is 0 Å². The van der Waals surface area contributed by atoms with Gasteiger partial charge in [0.1, 0.15) is 0 Å². The molecule has 1 heterocycles. The van der Waals surface area contributed by atoms with Crippen molar-refractivity contribution in [3.05, 3.63) is 0 Å². The monoisotopic (exact) mass is 181 g/mol. The number of piperidine rings is 1. The molecule has 1 aliphatic heterocycles. The Hall–Kier alpha value is -0.250. The van der Waals surface area contributed by atoms with E-state index in [0.717, 1.165) is 6.54 Å². The predicted octanol–water partition coefficient (Wildman–Crippen LogP) is 2.14. The minimum Gasteiger partial charge on any atom is -0.305 e. The Bertz CT molecular complexity index is 145. The smallest absolute Gasteiger partial charge is 0.305 e. The highest BCUT2D eigenvalue weighted by Gasteiger charge is 2.42. The van der Waals surface area contributed by atoms with Gasteiger partial charge in [-0.15, -0.1) is 0 Å². The fraction of sp³-hybridized carbons (Fsp3) is 1.00. The van der Waals surface area contributed by atoms with Gasteiger partial charge in [-0.1, -0.05) is 6.92 Å². The molecular formula is C8H14F3N. The van der Waals surface area contributed by atoms with Crippen LogP contribution >= 0.6 is 0 Å². The second-order valence-corrected chi connectivity index (χ2v) is 3.80. The molecule has 0 spiro atoms. The van der Waals surface area contributed by atoms with E-state index in [4.69, 9.17) is 0 Å². The van der Waals surface area contributed by atoms with Crippen LogP contribution in [0.25, 0.3) is 0 Å². The Balaban J connectivity index is 2.55. The molecule has 1 rings (SSSR count). The van der Waals surface area contributed by atoms with Crippen molar-refractivity contribution < 1.29 is 13.2 Å². The van der Waals surface area contributed by atoms with Crippen LogP contribution in [-0.2, 0) is 0 Å². The summed E-state index contributed by atoms with van der Waals surface area (Å²) in [5.41, 5.74) is 0. The molecular weight excluding hydrogens is 167 g/mol. The van der Waals surface area contributed by atoms with Crippen LogP contribution in [-0.4, -0.2) is 31.2 Å². The number of likely N-dealkylation sites (tertiary alicyclic amines) is 1. The topological polar surface area (TPSA) is 3.24 Å². The van der Waals surface area contributed by atoms with Crippen molar-refractivity contribution in [2.24, 2.45) is 11.8 Å². The average molecular weight is 181 g/mol. The van der Waals surface area contributed by atoms with Crippen molar-refractivity contribution in [2.45, 2.75) is 19.5 Å². The highest BCUT2D eigenvalue weighted by molar-refractivity contribution is 4.79. The van der Waals surface area contributed by atoms with Crippen molar-refractivity contribution in [1.29, 1.82) is 0 Å². The van der Waals surface area contributed by atoms with E-state index in [1.54, 1.807) is 11.9 Å². The highest BCUT2D eigenvalue weighted by Crippen LogP contribution is 2.34. The first kappa shape index (κ1) is 9.84. The van der Waals surface area contributed by atoms with Crippen LogP contribution in [0.4, 0.5) is 13.2 Å². The summed E-state index contributed by atoms with van der Waals surface area (Å²) >= 11 is 0.